The summed E-state index contributed by atoms with van der Waals surface area (Å²) in [4.78, 5) is 14.5. The first-order valence-electron chi connectivity index (χ1n) is 8.66. The van der Waals surface area contributed by atoms with Crippen molar-refractivity contribution < 1.29 is 9.53 Å². The monoisotopic (exact) mass is 368 g/mol. The van der Waals surface area contributed by atoms with Crippen molar-refractivity contribution in [2.45, 2.75) is 36.6 Å². The zero-order chi connectivity index (χ0) is 18.6. The molecule has 1 aromatic rings. The molecule has 0 bridgehead atoms. The Bertz CT molecular complexity index is 806. The number of carbonyl (C=O) groups is 1. The molecule has 26 heavy (non-hydrogen) atoms. The normalized spacial score (nSPS) is 22.0. The van der Waals surface area contributed by atoms with Gasteiger partial charge in [-0.15, -0.1) is 11.8 Å². The van der Waals surface area contributed by atoms with Crippen LogP contribution >= 0.6 is 11.8 Å². The number of benzene rings is 1. The molecule has 0 radical (unpaired) electrons. The van der Waals surface area contributed by atoms with E-state index in [9.17, 15) is 4.79 Å². The van der Waals surface area contributed by atoms with Crippen LogP contribution < -0.4 is 5.43 Å². The summed E-state index contributed by atoms with van der Waals surface area (Å²) >= 11 is 1.70. The smallest absolute Gasteiger partial charge is 0.168 e. The third kappa shape index (κ3) is 3.78. The van der Waals surface area contributed by atoms with Gasteiger partial charge in [-0.1, -0.05) is 24.3 Å². The molecule has 1 aromatic carbocycles. The Hall–Kier alpha value is -2.27. The maximum absolute atomic E-state index is 13.3. The molecule has 3 rings (SSSR count). The number of carbonyl (C=O) groups excluding carboxylic acids is 1. The number of ketones is 1. The van der Waals surface area contributed by atoms with Crippen LogP contribution in [0, 0.1) is 0 Å². The highest BCUT2D eigenvalue weighted by molar-refractivity contribution is 7.98. The molecule has 0 amide bonds. The van der Waals surface area contributed by atoms with Gasteiger partial charge in [-0.2, -0.15) is 5.10 Å². The van der Waals surface area contributed by atoms with Gasteiger partial charge in [-0.05, 0) is 55.0 Å². The molecule has 1 unspecified atom stereocenters. The summed E-state index contributed by atoms with van der Waals surface area (Å²) in [7, 11) is 1.65. The van der Waals surface area contributed by atoms with E-state index in [0.717, 1.165) is 22.6 Å². The van der Waals surface area contributed by atoms with Gasteiger partial charge in [0.2, 0.25) is 0 Å². The van der Waals surface area contributed by atoms with Crippen LogP contribution in [0.2, 0.25) is 0 Å². The summed E-state index contributed by atoms with van der Waals surface area (Å²) in [6.45, 7) is 1.96. The van der Waals surface area contributed by atoms with Crippen molar-refractivity contribution in [3.63, 3.8) is 0 Å². The Morgan fingerprint density at radius 2 is 2.08 bits per heavy atom. The third-order valence-corrected chi connectivity index (χ3v) is 5.55. The zero-order valence-corrected chi connectivity index (χ0v) is 16.2. The van der Waals surface area contributed by atoms with E-state index in [1.54, 1.807) is 18.9 Å². The molecule has 2 aliphatic rings. The number of rotatable bonds is 6. The molecule has 1 aliphatic heterocycles. The Morgan fingerprint density at radius 1 is 1.31 bits per heavy atom. The van der Waals surface area contributed by atoms with Crippen molar-refractivity contribution in [3.05, 3.63) is 65.5 Å². The van der Waals surface area contributed by atoms with Crippen molar-refractivity contribution in [1.29, 1.82) is 0 Å². The Labute approximate surface area is 159 Å². The molecule has 4 nitrogen and oxygen atoms in total. The minimum atomic E-state index is -0.772. The molecule has 5 heteroatoms. The average Bonchev–Trinajstić information content (AvgIpc) is 2.90. The maximum Gasteiger partial charge on any atom is 0.168 e. The quantitative estimate of drug-likeness (QED) is 0.770. The maximum atomic E-state index is 13.3. The van der Waals surface area contributed by atoms with Crippen LogP contribution in [0.5, 0.6) is 0 Å². The van der Waals surface area contributed by atoms with Gasteiger partial charge < -0.3 is 4.74 Å². The highest BCUT2D eigenvalue weighted by atomic mass is 32.2. The molecule has 1 heterocycles. The summed E-state index contributed by atoms with van der Waals surface area (Å²) in [6.07, 6.45) is 11.6. The predicted molar refractivity (Wildman–Crippen MR) is 107 cm³/mol. The fourth-order valence-electron chi connectivity index (χ4n) is 3.32. The molecule has 1 atom stereocenters. The number of hydrazone groups is 1. The fourth-order valence-corrected chi connectivity index (χ4v) is 3.73. The van der Waals surface area contributed by atoms with Crippen LogP contribution in [0.25, 0.3) is 0 Å². The Balaban J connectivity index is 1.87. The minimum Gasteiger partial charge on any atom is -0.497 e. The molecule has 1 N–H and O–H groups in total. The summed E-state index contributed by atoms with van der Waals surface area (Å²) < 4.78 is 5.31. The highest BCUT2D eigenvalue weighted by Crippen LogP contribution is 2.32. The molecule has 0 saturated carbocycles. The number of Topliss-reactive ketones (excluding diaryl/α,β-unsaturated/α-hetero) is 1. The average molecular weight is 369 g/mol. The van der Waals surface area contributed by atoms with Gasteiger partial charge >= 0.3 is 0 Å². The lowest BCUT2D eigenvalue weighted by Gasteiger charge is -2.30. The SMILES string of the molecule is COC1=CC=C(C2(C(=O)Cc3ccc(SC)cc3)CC(C)=NN2)CC=C1. The van der Waals surface area contributed by atoms with Gasteiger partial charge in [0.25, 0.3) is 0 Å². The molecule has 136 valence electrons. The predicted octanol–water partition coefficient (Wildman–Crippen LogP) is 4.04. The van der Waals surface area contributed by atoms with Gasteiger partial charge in [0, 0.05) is 23.4 Å². The first-order valence-corrected chi connectivity index (χ1v) is 9.88. The number of nitrogens with one attached hydrogen (secondary N) is 1. The number of hydrogen-bond donors (Lipinski definition) is 1. The third-order valence-electron chi connectivity index (χ3n) is 4.81. The van der Waals surface area contributed by atoms with E-state index in [0.29, 0.717) is 19.3 Å². The lowest BCUT2D eigenvalue weighted by atomic mass is 9.78. The highest BCUT2D eigenvalue weighted by Gasteiger charge is 2.44. The number of nitrogens with zero attached hydrogens (tertiary/aromatic N) is 1. The number of allylic oxidation sites excluding steroid dienone is 4. The van der Waals surface area contributed by atoms with E-state index in [1.807, 2.05) is 49.6 Å². The number of hydrogen-bond acceptors (Lipinski definition) is 5. The second-order valence-electron chi connectivity index (χ2n) is 6.56. The summed E-state index contributed by atoms with van der Waals surface area (Å²) in [6, 6.07) is 8.19. The van der Waals surface area contributed by atoms with Crippen LogP contribution in [0.15, 0.2) is 69.9 Å². The molecule has 0 saturated heterocycles. The molecule has 1 aliphatic carbocycles. The van der Waals surface area contributed by atoms with Gasteiger partial charge in [-0.25, -0.2) is 0 Å². The molecular formula is C21H24N2O2S. The van der Waals surface area contributed by atoms with Crippen LogP contribution in [0.4, 0.5) is 0 Å². The van der Waals surface area contributed by atoms with E-state index >= 15 is 0 Å². The van der Waals surface area contributed by atoms with E-state index < -0.39 is 5.54 Å². The summed E-state index contributed by atoms with van der Waals surface area (Å²) in [5, 5.41) is 4.35. The van der Waals surface area contributed by atoms with Crippen LogP contribution in [-0.4, -0.2) is 30.4 Å². The first kappa shape index (κ1) is 18.5. The number of ether oxygens (including phenoxy) is 1. The van der Waals surface area contributed by atoms with E-state index in [-0.39, 0.29) is 5.78 Å². The van der Waals surface area contributed by atoms with Crippen molar-refractivity contribution >= 4 is 23.3 Å². The van der Waals surface area contributed by atoms with Gasteiger partial charge in [-0.3, -0.25) is 10.2 Å². The summed E-state index contributed by atoms with van der Waals surface area (Å²) in [5.41, 5.74) is 5.37. The minimum absolute atomic E-state index is 0.143. The topological polar surface area (TPSA) is 50.7 Å². The van der Waals surface area contributed by atoms with Crippen molar-refractivity contribution in [1.82, 2.24) is 5.43 Å². The Morgan fingerprint density at radius 3 is 2.69 bits per heavy atom. The van der Waals surface area contributed by atoms with E-state index in [1.165, 1.54) is 4.90 Å². The van der Waals surface area contributed by atoms with Gasteiger partial charge in [0.05, 0.1) is 7.11 Å². The summed E-state index contributed by atoms with van der Waals surface area (Å²) in [5.74, 6) is 0.926. The second kappa shape index (κ2) is 7.96. The van der Waals surface area contributed by atoms with Crippen LogP contribution in [-0.2, 0) is 16.0 Å². The van der Waals surface area contributed by atoms with Crippen LogP contribution in [0.3, 0.4) is 0 Å². The standard InChI is InChI=1S/C21H24N2O2S/c1-15-14-21(23-22-15,17-5-4-6-18(25-2)10-9-17)20(24)13-16-7-11-19(26-3)12-8-16/h4,6-12,23H,5,13-14H2,1-3H3. The fraction of sp³-hybridized carbons (Fsp3) is 0.333. The molecule has 0 fully saturated rings. The molecular weight excluding hydrogens is 344 g/mol. The van der Waals surface area contributed by atoms with Crippen molar-refractivity contribution in [3.8, 4) is 0 Å². The molecule has 0 aromatic heterocycles. The van der Waals surface area contributed by atoms with E-state index in [4.69, 9.17) is 4.74 Å². The zero-order valence-electron chi connectivity index (χ0n) is 15.4. The number of thioether (sulfide) groups is 1. The van der Waals surface area contributed by atoms with Crippen molar-refractivity contribution in [2.24, 2.45) is 5.10 Å². The first-order chi connectivity index (χ1) is 12.6. The largest absolute Gasteiger partial charge is 0.497 e. The lowest BCUT2D eigenvalue weighted by molar-refractivity contribution is -0.123. The van der Waals surface area contributed by atoms with E-state index in [2.05, 4.69) is 22.7 Å². The Kier molecular flexibility index (Phi) is 5.67. The van der Waals surface area contributed by atoms with Gasteiger partial charge in [0.1, 0.15) is 11.3 Å². The van der Waals surface area contributed by atoms with Crippen LogP contribution in [0.1, 0.15) is 25.3 Å². The van der Waals surface area contributed by atoms with Crippen molar-refractivity contribution in [2.75, 3.05) is 13.4 Å². The molecule has 0 spiro atoms. The second-order valence-corrected chi connectivity index (χ2v) is 7.44. The number of methoxy groups -OCH3 is 1. The van der Waals surface area contributed by atoms with Gasteiger partial charge in [0.15, 0.2) is 5.78 Å². The lowest BCUT2D eigenvalue weighted by Crippen LogP contribution is -2.49.